The van der Waals surface area contributed by atoms with E-state index in [-0.39, 0.29) is 0 Å². The number of nitrogens with one attached hydrogen (secondary N) is 1. The zero-order valence-electron chi connectivity index (χ0n) is 14.5. The van der Waals surface area contributed by atoms with Crippen LogP contribution in [0.1, 0.15) is 69.8 Å². The molecule has 4 rings (SSSR count). The predicted octanol–water partition coefficient (Wildman–Crippen LogP) is 4.50. The number of benzene rings is 1. The van der Waals surface area contributed by atoms with Gasteiger partial charge in [0.2, 0.25) is 0 Å². The lowest BCUT2D eigenvalue weighted by Crippen LogP contribution is -2.71. The van der Waals surface area contributed by atoms with Crippen molar-refractivity contribution >= 4 is 0 Å². The van der Waals surface area contributed by atoms with Crippen LogP contribution in [0.4, 0.5) is 0 Å². The molecule has 3 fully saturated rings. The predicted molar refractivity (Wildman–Crippen MR) is 96.5 cm³/mol. The minimum absolute atomic E-state index is 0.405. The lowest BCUT2D eigenvalue weighted by atomic mass is 9.72. The summed E-state index contributed by atoms with van der Waals surface area (Å²) < 4.78 is 0. The zero-order chi connectivity index (χ0) is 15.6. The van der Waals surface area contributed by atoms with Crippen molar-refractivity contribution in [2.24, 2.45) is 0 Å². The van der Waals surface area contributed by atoms with E-state index in [9.17, 15) is 0 Å². The molecule has 1 heterocycles. The van der Waals surface area contributed by atoms with E-state index in [1.807, 2.05) is 0 Å². The molecule has 0 aromatic heterocycles. The Morgan fingerprint density at radius 3 is 1.78 bits per heavy atom. The van der Waals surface area contributed by atoms with Gasteiger partial charge in [0.05, 0.1) is 0 Å². The first-order valence-corrected chi connectivity index (χ1v) is 9.83. The van der Waals surface area contributed by atoms with Crippen LogP contribution in [-0.4, -0.2) is 29.1 Å². The topological polar surface area (TPSA) is 15.3 Å². The summed E-state index contributed by atoms with van der Waals surface area (Å²) >= 11 is 0. The number of hydrogen-bond acceptors (Lipinski definition) is 2. The van der Waals surface area contributed by atoms with E-state index in [1.54, 1.807) is 0 Å². The van der Waals surface area contributed by atoms with Crippen molar-refractivity contribution in [3.63, 3.8) is 0 Å². The minimum atomic E-state index is 0.405. The van der Waals surface area contributed by atoms with Gasteiger partial charge in [-0.25, -0.2) is 0 Å². The maximum Gasteiger partial charge on any atom is 0.0314 e. The van der Waals surface area contributed by atoms with Gasteiger partial charge in [-0.3, -0.25) is 4.90 Å². The molecule has 1 aromatic rings. The van der Waals surface area contributed by atoms with Crippen LogP contribution in [0.2, 0.25) is 0 Å². The first-order chi connectivity index (χ1) is 11.3. The summed E-state index contributed by atoms with van der Waals surface area (Å²) in [5, 5.41) is 4.26. The molecule has 2 nitrogen and oxygen atoms in total. The Morgan fingerprint density at radius 1 is 0.739 bits per heavy atom. The van der Waals surface area contributed by atoms with Crippen molar-refractivity contribution in [2.45, 2.75) is 81.8 Å². The van der Waals surface area contributed by atoms with Gasteiger partial charge >= 0.3 is 0 Å². The fourth-order valence-electron chi connectivity index (χ4n) is 5.53. The summed E-state index contributed by atoms with van der Waals surface area (Å²) in [6, 6.07) is 11.1. The van der Waals surface area contributed by atoms with E-state index < -0.39 is 0 Å². The van der Waals surface area contributed by atoms with Gasteiger partial charge in [0.25, 0.3) is 0 Å². The van der Waals surface area contributed by atoms with Gasteiger partial charge < -0.3 is 5.32 Å². The fraction of sp³-hybridized carbons (Fsp3) is 0.714. The minimum Gasteiger partial charge on any atom is -0.303 e. The number of hydrogen-bond donors (Lipinski definition) is 1. The third-order valence-electron chi connectivity index (χ3n) is 6.45. The van der Waals surface area contributed by atoms with Crippen molar-refractivity contribution < 1.29 is 0 Å². The molecule has 1 N–H and O–H groups in total. The van der Waals surface area contributed by atoms with E-state index >= 15 is 0 Å². The molecule has 2 aliphatic carbocycles. The van der Waals surface area contributed by atoms with Crippen molar-refractivity contribution in [3.8, 4) is 0 Å². The van der Waals surface area contributed by atoms with E-state index in [1.165, 1.54) is 82.9 Å². The van der Waals surface area contributed by atoms with Crippen LogP contribution < -0.4 is 5.32 Å². The Hall–Kier alpha value is -0.860. The highest BCUT2D eigenvalue weighted by atomic mass is 15.3. The summed E-state index contributed by atoms with van der Waals surface area (Å²) in [6.45, 7) is 3.64. The smallest absolute Gasteiger partial charge is 0.0314 e. The Balaban J connectivity index is 1.55. The molecule has 2 heteroatoms. The van der Waals surface area contributed by atoms with Crippen LogP contribution in [0.25, 0.3) is 0 Å². The van der Waals surface area contributed by atoms with Gasteiger partial charge in [-0.15, -0.1) is 0 Å². The van der Waals surface area contributed by atoms with E-state index in [4.69, 9.17) is 0 Å². The molecular weight excluding hydrogens is 280 g/mol. The van der Waals surface area contributed by atoms with E-state index in [0.29, 0.717) is 11.1 Å². The monoisotopic (exact) mass is 312 g/mol. The van der Waals surface area contributed by atoms with E-state index in [0.717, 1.165) is 6.54 Å². The summed E-state index contributed by atoms with van der Waals surface area (Å²) in [5.41, 5.74) is 2.29. The highest BCUT2D eigenvalue weighted by molar-refractivity contribution is 5.16. The maximum atomic E-state index is 4.26. The molecule has 126 valence electrons. The Bertz CT molecular complexity index is 472. The molecule has 1 saturated heterocycles. The Labute approximate surface area is 141 Å². The van der Waals surface area contributed by atoms with Crippen LogP contribution in [-0.2, 0) is 6.54 Å². The number of nitrogens with zero attached hydrogens (tertiary/aromatic N) is 1. The van der Waals surface area contributed by atoms with Crippen LogP contribution in [0, 0.1) is 0 Å². The van der Waals surface area contributed by atoms with Gasteiger partial charge in [0.1, 0.15) is 0 Å². The van der Waals surface area contributed by atoms with Crippen molar-refractivity contribution in [1.29, 1.82) is 0 Å². The third kappa shape index (κ3) is 3.49. The summed E-state index contributed by atoms with van der Waals surface area (Å²) in [7, 11) is 0. The summed E-state index contributed by atoms with van der Waals surface area (Å²) in [5.74, 6) is 0. The van der Waals surface area contributed by atoms with Gasteiger partial charge in [-0.2, -0.15) is 0 Å². The van der Waals surface area contributed by atoms with Gasteiger partial charge in [-0.05, 0) is 31.2 Å². The molecule has 0 atom stereocenters. The normalized spacial score (nSPS) is 27.3. The highest BCUT2D eigenvalue weighted by Crippen LogP contribution is 2.40. The molecule has 2 saturated carbocycles. The quantitative estimate of drug-likeness (QED) is 0.865. The van der Waals surface area contributed by atoms with Crippen LogP contribution in [0.5, 0.6) is 0 Å². The molecule has 2 spiro atoms. The van der Waals surface area contributed by atoms with Crippen LogP contribution in [0.15, 0.2) is 30.3 Å². The average Bonchev–Trinajstić information content (AvgIpc) is 2.56. The Kier molecular flexibility index (Phi) is 4.47. The molecule has 23 heavy (non-hydrogen) atoms. The number of rotatable bonds is 2. The molecule has 0 unspecified atom stereocenters. The molecule has 3 aliphatic rings. The van der Waals surface area contributed by atoms with Gasteiger partial charge in [-0.1, -0.05) is 68.9 Å². The first kappa shape index (κ1) is 15.7. The fourth-order valence-corrected chi connectivity index (χ4v) is 5.53. The zero-order valence-corrected chi connectivity index (χ0v) is 14.5. The Morgan fingerprint density at radius 2 is 1.26 bits per heavy atom. The average molecular weight is 313 g/mol. The van der Waals surface area contributed by atoms with Crippen LogP contribution in [0.3, 0.4) is 0 Å². The lowest BCUT2D eigenvalue weighted by Gasteiger charge is -2.56. The summed E-state index contributed by atoms with van der Waals surface area (Å²) in [6.07, 6.45) is 14.1. The maximum absolute atomic E-state index is 4.26. The van der Waals surface area contributed by atoms with Crippen molar-refractivity contribution in [1.82, 2.24) is 10.2 Å². The molecule has 1 aromatic carbocycles. The largest absolute Gasteiger partial charge is 0.303 e. The SMILES string of the molecule is c1ccc(CN2CC3(CCCCC3)NC3(CCCCC3)C2)cc1. The molecule has 0 radical (unpaired) electrons. The second-order valence-electron chi connectivity index (χ2n) is 8.44. The second-order valence-corrected chi connectivity index (χ2v) is 8.44. The van der Waals surface area contributed by atoms with Crippen molar-refractivity contribution in [3.05, 3.63) is 35.9 Å². The van der Waals surface area contributed by atoms with Gasteiger partial charge in [0.15, 0.2) is 0 Å². The second kappa shape index (κ2) is 6.57. The third-order valence-corrected chi connectivity index (χ3v) is 6.45. The first-order valence-electron chi connectivity index (χ1n) is 9.83. The molecule has 0 amide bonds. The standard InChI is InChI=1S/C21H32N2/c1-4-10-19(11-5-1)16-23-17-20(12-6-2-7-13-20)22-21(18-23)14-8-3-9-15-21/h1,4-5,10-11,22H,2-3,6-9,12-18H2. The van der Waals surface area contributed by atoms with Crippen molar-refractivity contribution in [2.75, 3.05) is 13.1 Å². The van der Waals surface area contributed by atoms with E-state index in [2.05, 4.69) is 40.5 Å². The highest BCUT2D eigenvalue weighted by Gasteiger charge is 2.47. The molecule has 0 bridgehead atoms. The number of piperazine rings is 1. The lowest BCUT2D eigenvalue weighted by molar-refractivity contribution is 0.00102. The molecule has 1 aliphatic heterocycles. The van der Waals surface area contributed by atoms with Crippen LogP contribution >= 0.6 is 0 Å². The summed E-state index contributed by atoms with van der Waals surface area (Å²) in [4.78, 5) is 2.78. The van der Waals surface area contributed by atoms with Gasteiger partial charge in [0, 0.05) is 30.7 Å². The molecular formula is C21H32N2.